The van der Waals surface area contributed by atoms with E-state index >= 15 is 0 Å². The molecule has 96 valence electrons. The fraction of sp³-hybridized carbons (Fsp3) is 0.778. The molecule has 1 fully saturated rings. The highest BCUT2D eigenvalue weighted by Crippen LogP contribution is 2.21. The second-order valence-corrected chi connectivity index (χ2v) is 6.60. The third-order valence-corrected chi connectivity index (χ3v) is 4.53. The van der Waals surface area contributed by atoms with Crippen molar-refractivity contribution in [3.05, 3.63) is 5.89 Å². The molecule has 8 heteroatoms. The standard InChI is InChI=1S/C9H16N4O3S/c1-6-5-17(14,15)4-3-13(6)9-12-11-8(16-9)7(2)10/h6-7H,3-5,10H2,1-2H3. The van der Waals surface area contributed by atoms with E-state index in [4.69, 9.17) is 10.2 Å². The molecule has 0 saturated carbocycles. The third kappa shape index (κ3) is 2.58. The van der Waals surface area contributed by atoms with Crippen LogP contribution in [0.25, 0.3) is 0 Å². The zero-order chi connectivity index (χ0) is 12.6. The van der Waals surface area contributed by atoms with Gasteiger partial charge in [-0.3, -0.25) is 0 Å². The number of rotatable bonds is 2. The van der Waals surface area contributed by atoms with E-state index in [1.807, 2.05) is 6.92 Å². The third-order valence-electron chi connectivity index (χ3n) is 2.74. The van der Waals surface area contributed by atoms with Crippen LogP contribution < -0.4 is 10.6 Å². The molecule has 2 heterocycles. The van der Waals surface area contributed by atoms with E-state index in [2.05, 4.69) is 10.2 Å². The Morgan fingerprint density at radius 3 is 2.76 bits per heavy atom. The van der Waals surface area contributed by atoms with Gasteiger partial charge in [0.25, 0.3) is 0 Å². The van der Waals surface area contributed by atoms with Crippen molar-refractivity contribution in [3.8, 4) is 0 Å². The van der Waals surface area contributed by atoms with Crippen molar-refractivity contribution in [2.45, 2.75) is 25.9 Å². The molecule has 1 saturated heterocycles. The van der Waals surface area contributed by atoms with Gasteiger partial charge in [0.2, 0.25) is 5.89 Å². The van der Waals surface area contributed by atoms with E-state index in [-0.39, 0.29) is 23.6 Å². The lowest BCUT2D eigenvalue weighted by Gasteiger charge is -2.31. The highest BCUT2D eigenvalue weighted by molar-refractivity contribution is 7.91. The van der Waals surface area contributed by atoms with Gasteiger partial charge in [-0.15, -0.1) is 5.10 Å². The molecule has 2 rings (SSSR count). The average molecular weight is 260 g/mol. The summed E-state index contributed by atoms with van der Waals surface area (Å²) in [5.74, 6) is 0.594. The molecule has 1 aromatic rings. The highest BCUT2D eigenvalue weighted by Gasteiger charge is 2.31. The van der Waals surface area contributed by atoms with Crippen LogP contribution in [0.2, 0.25) is 0 Å². The topological polar surface area (TPSA) is 102 Å². The summed E-state index contributed by atoms with van der Waals surface area (Å²) in [6, 6.07) is -0.130. The molecule has 2 N–H and O–H groups in total. The number of nitrogens with zero attached hydrogens (tertiary/aromatic N) is 3. The monoisotopic (exact) mass is 260 g/mol. The molecule has 0 amide bonds. The van der Waals surface area contributed by atoms with Gasteiger partial charge < -0.3 is 15.1 Å². The lowest BCUT2D eigenvalue weighted by molar-refractivity contribution is 0.446. The summed E-state index contributed by atoms with van der Waals surface area (Å²) in [7, 11) is -2.94. The van der Waals surface area contributed by atoms with Crippen LogP contribution in [0.3, 0.4) is 0 Å². The van der Waals surface area contributed by atoms with Crippen molar-refractivity contribution in [1.82, 2.24) is 10.2 Å². The fourth-order valence-electron chi connectivity index (χ4n) is 1.81. The molecule has 1 aromatic heterocycles. The van der Waals surface area contributed by atoms with Crippen molar-refractivity contribution in [3.63, 3.8) is 0 Å². The summed E-state index contributed by atoms with van der Waals surface area (Å²) in [5.41, 5.74) is 5.62. The van der Waals surface area contributed by atoms with Crippen LogP contribution in [0.5, 0.6) is 0 Å². The maximum Gasteiger partial charge on any atom is 0.318 e. The second-order valence-electron chi connectivity index (χ2n) is 4.37. The van der Waals surface area contributed by atoms with E-state index in [0.717, 1.165) is 0 Å². The molecule has 2 unspecified atom stereocenters. The Hall–Kier alpha value is -1.15. The fourth-order valence-corrected chi connectivity index (χ4v) is 3.37. The number of aromatic nitrogens is 2. The van der Waals surface area contributed by atoms with E-state index in [1.54, 1.807) is 11.8 Å². The van der Waals surface area contributed by atoms with Gasteiger partial charge in [0.05, 0.1) is 17.5 Å². The summed E-state index contributed by atoms with van der Waals surface area (Å²) >= 11 is 0. The molecule has 1 aliphatic heterocycles. The molecule has 0 spiro atoms. The van der Waals surface area contributed by atoms with Crippen LogP contribution in [0.15, 0.2) is 4.42 Å². The summed E-state index contributed by atoms with van der Waals surface area (Å²) in [6.45, 7) is 3.96. The second kappa shape index (κ2) is 4.26. The number of hydrogen-bond donors (Lipinski definition) is 1. The van der Waals surface area contributed by atoms with E-state index in [9.17, 15) is 8.42 Å². The first-order valence-corrected chi connectivity index (χ1v) is 7.27. The first kappa shape index (κ1) is 12.3. The maximum atomic E-state index is 11.4. The largest absolute Gasteiger partial charge is 0.406 e. The minimum absolute atomic E-state index is 0.114. The Morgan fingerprint density at radius 2 is 2.24 bits per heavy atom. The smallest absolute Gasteiger partial charge is 0.318 e. The van der Waals surface area contributed by atoms with Gasteiger partial charge in [0, 0.05) is 12.6 Å². The van der Waals surface area contributed by atoms with Gasteiger partial charge in [-0.05, 0) is 13.8 Å². The summed E-state index contributed by atoms with van der Waals surface area (Å²) in [6.07, 6.45) is 0. The SMILES string of the molecule is CC(N)c1nnc(N2CCS(=O)(=O)CC2C)o1. The van der Waals surface area contributed by atoms with Crippen molar-refractivity contribution in [2.75, 3.05) is 23.0 Å². The minimum Gasteiger partial charge on any atom is -0.406 e. The number of anilines is 1. The number of hydrogen-bond acceptors (Lipinski definition) is 7. The summed E-state index contributed by atoms with van der Waals surface area (Å²) in [5, 5.41) is 7.72. The molecule has 0 radical (unpaired) electrons. The van der Waals surface area contributed by atoms with Crippen LogP contribution in [-0.2, 0) is 9.84 Å². The zero-order valence-corrected chi connectivity index (χ0v) is 10.6. The van der Waals surface area contributed by atoms with Crippen LogP contribution in [0, 0.1) is 0 Å². The molecule has 17 heavy (non-hydrogen) atoms. The summed E-state index contributed by atoms with van der Waals surface area (Å²) in [4.78, 5) is 1.81. The molecular weight excluding hydrogens is 244 g/mol. The van der Waals surface area contributed by atoms with Gasteiger partial charge in [-0.1, -0.05) is 5.10 Å². The minimum atomic E-state index is -2.94. The average Bonchev–Trinajstić information content (AvgIpc) is 2.65. The Kier molecular flexibility index (Phi) is 3.09. The number of nitrogens with two attached hydrogens (primary N) is 1. The van der Waals surface area contributed by atoms with Crippen LogP contribution in [0.4, 0.5) is 6.01 Å². The predicted molar refractivity (Wildman–Crippen MR) is 62.4 cm³/mol. The van der Waals surface area contributed by atoms with Crippen molar-refractivity contribution < 1.29 is 12.8 Å². The number of sulfone groups is 1. The molecule has 0 bridgehead atoms. The Bertz CT molecular complexity index is 496. The van der Waals surface area contributed by atoms with Gasteiger partial charge in [-0.2, -0.15) is 0 Å². The molecule has 2 atom stereocenters. The highest BCUT2D eigenvalue weighted by atomic mass is 32.2. The van der Waals surface area contributed by atoms with Crippen molar-refractivity contribution in [2.24, 2.45) is 5.73 Å². The van der Waals surface area contributed by atoms with Gasteiger partial charge in [0.15, 0.2) is 9.84 Å². The van der Waals surface area contributed by atoms with Gasteiger partial charge in [-0.25, -0.2) is 8.42 Å². The first-order valence-electron chi connectivity index (χ1n) is 5.45. The summed E-state index contributed by atoms with van der Waals surface area (Å²) < 4.78 is 28.3. The van der Waals surface area contributed by atoms with Crippen molar-refractivity contribution >= 4 is 15.9 Å². The van der Waals surface area contributed by atoms with Gasteiger partial charge in [0.1, 0.15) is 0 Å². The van der Waals surface area contributed by atoms with Crippen LogP contribution >= 0.6 is 0 Å². The lowest BCUT2D eigenvalue weighted by Crippen LogP contribution is -2.47. The maximum absolute atomic E-state index is 11.4. The normalized spacial score (nSPS) is 25.8. The Balaban J connectivity index is 2.17. The Labute approximate surface area is 99.9 Å². The van der Waals surface area contributed by atoms with Crippen molar-refractivity contribution in [1.29, 1.82) is 0 Å². The predicted octanol–water partition coefficient (Wildman–Crippen LogP) is -0.287. The zero-order valence-electron chi connectivity index (χ0n) is 9.83. The van der Waals surface area contributed by atoms with Gasteiger partial charge >= 0.3 is 6.01 Å². The van der Waals surface area contributed by atoms with E-state index < -0.39 is 9.84 Å². The molecule has 0 aromatic carbocycles. The molecule has 1 aliphatic rings. The van der Waals surface area contributed by atoms with Crippen LogP contribution in [0.1, 0.15) is 25.8 Å². The quantitative estimate of drug-likeness (QED) is 0.779. The molecule has 7 nitrogen and oxygen atoms in total. The van der Waals surface area contributed by atoms with Crippen LogP contribution in [-0.4, -0.2) is 42.7 Å². The first-order chi connectivity index (χ1) is 7.89. The molecule has 0 aliphatic carbocycles. The van der Waals surface area contributed by atoms with E-state index in [1.165, 1.54) is 0 Å². The van der Waals surface area contributed by atoms with E-state index in [0.29, 0.717) is 18.5 Å². The lowest BCUT2D eigenvalue weighted by atomic mass is 10.3. The molecular formula is C9H16N4O3S. The Morgan fingerprint density at radius 1 is 1.53 bits per heavy atom.